The van der Waals surface area contributed by atoms with E-state index >= 15 is 0 Å². The van der Waals surface area contributed by atoms with Gasteiger partial charge in [0.1, 0.15) is 0 Å². The summed E-state index contributed by atoms with van der Waals surface area (Å²) in [4.78, 5) is 0. The predicted molar refractivity (Wildman–Crippen MR) is 177 cm³/mol. The summed E-state index contributed by atoms with van der Waals surface area (Å²) in [5.41, 5.74) is 5.95. The van der Waals surface area contributed by atoms with E-state index in [-0.39, 0.29) is 39.7 Å². The number of fused-ring (bicyclic) bond motifs is 4. The van der Waals surface area contributed by atoms with Gasteiger partial charge in [0.15, 0.2) is 8.32 Å². The maximum atomic E-state index is 6.30. The third-order valence-corrected chi connectivity index (χ3v) is 9.38. The fourth-order valence-corrected chi connectivity index (χ4v) is 7.86. The zero-order chi connectivity index (χ0) is 24.5. The number of allylic oxidation sites excluding steroid dienone is 1. The van der Waals surface area contributed by atoms with Crippen molar-refractivity contribution >= 4 is 75.9 Å². The van der Waals surface area contributed by atoms with Gasteiger partial charge in [0.05, 0.1) is 8.80 Å². The van der Waals surface area contributed by atoms with Crippen LogP contribution in [0, 0.1) is 14.9 Å². The van der Waals surface area contributed by atoms with E-state index in [9.17, 15) is 0 Å². The van der Waals surface area contributed by atoms with Crippen LogP contribution in [0.15, 0.2) is 78.0 Å². The molecule has 1 atom stereocenters. The Morgan fingerprint density at radius 3 is 2.08 bits per heavy atom. The minimum atomic E-state index is -1.52. The Balaban J connectivity index is 0.00000223. The van der Waals surface area contributed by atoms with Crippen LogP contribution in [0.25, 0.3) is 27.1 Å². The Kier molecular flexibility index (Phi) is 15.7. The van der Waals surface area contributed by atoms with Gasteiger partial charge in [-0.25, -0.2) is 0 Å². The number of rotatable bonds is 6. The van der Waals surface area contributed by atoms with Crippen molar-refractivity contribution in [3.63, 3.8) is 0 Å². The second kappa shape index (κ2) is 16.0. The molecule has 0 aromatic heterocycles. The van der Waals surface area contributed by atoms with Crippen LogP contribution in [0.1, 0.15) is 29.0 Å². The molecule has 38 heavy (non-hydrogen) atoms. The molecule has 0 spiro atoms. The second-order valence-corrected chi connectivity index (χ2v) is 17.2. The number of halogens is 2. The van der Waals surface area contributed by atoms with Gasteiger partial charge in [-0.3, -0.25) is 0 Å². The Morgan fingerprint density at radius 2 is 1.42 bits per heavy atom. The average Bonchev–Trinajstić information content (AvgIpc) is 3.36. The van der Waals surface area contributed by atoms with E-state index in [1.165, 1.54) is 61.6 Å². The van der Waals surface area contributed by atoms with Crippen LogP contribution in [-0.2, 0) is 27.8 Å². The summed E-state index contributed by atoms with van der Waals surface area (Å²) in [6.07, 6.45) is 1.02. The Bertz CT molecular complexity index is 1360. The summed E-state index contributed by atoms with van der Waals surface area (Å²) in [7, 11) is -2.17. The number of hydrogen-bond acceptors (Lipinski definition) is 1. The molecule has 3 radical (unpaired) electrons. The van der Waals surface area contributed by atoms with Crippen molar-refractivity contribution in [2.45, 2.75) is 45.1 Å². The molecule has 4 aromatic carbocycles. The van der Waals surface area contributed by atoms with Crippen LogP contribution in [-0.4, -0.2) is 30.6 Å². The van der Waals surface area contributed by atoms with E-state index in [1.54, 1.807) is 10.8 Å². The molecule has 203 valence electrons. The SMILES string of the molecule is C[Si](C)C1=C(CCO[Si](C)(C)C)c2ccccc2C1c1cccc2c1[cH-]c1ccccc12.Cl.Cl.[CH3-].[CH3-].[Si]=[Zr]. The van der Waals surface area contributed by atoms with Crippen LogP contribution in [0.4, 0.5) is 0 Å². The van der Waals surface area contributed by atoms with Gasteiger partial charge < -0.3 is 19.3 Å². The van der Waals surface area contributed by atoms with Crippen LogP contribution < -0.4 is 0 Å². The molecule has 0 heterocycles. The van der Waals surface area contributed by atoms with Crippen molar-refractivity contribution in [1.82, 2.24) is 0 Å². The molecule has 0 saturated heterocycles. The molecule has 1 unspecified atom stereocenters. The van der Waals surface area contributed by atoms with E-state index in [4.69, 9.17) is 4.43 Å². The molecule has 0 N–H and O–H groups in total. The molecule has 1 aliphatic carbocycles. The average molecular weight is 675 g/mol. The molecule has 0 amide bonds. The molecule has 0 bridgehead atoms. The third-order valence-electron chi connectivity index (χ3n) is 6.64. The molecule has 1 aliphatic rings. The molecular weight excluding hydrogens is 635 g/mol. The molecule has 5 rings (SSSR count). The van der Waals surface area contributed by atoms with Gasteiger partial charge in [-0.15, -0.1) is 58.5 Å². The molecule has 4 aromatic rings. The first-order valence-electron chi connectivity index (χ1n) is 11.9. The monoisotopic (exact) mass is 672 g/mol. The van der Waals surface area contributed by atoms with Gasteiger partial charge in [0.2, 0.25) is 0 Å². The van der Waals surface area contributed by atoms with Crippen molar-refractivity contribution < 1.29 is 27.8 Å². The Hall–Kier alpha value is -0.656. The van der Waals surface area contributed by atoms with Crippen molar-refractivity contribution in [3.8, 4) is 0 Å². The summed E-state index contributed by atoms with van der Waals surface area (Å²) in [5, 5.41) is 7.17. The fourth-order valence-electron chi connectivity index (χ4n) is 5.39. The van der Waals surface area contributed by atoms with Gasteiger partial charge in [-0.1, -0.05) is 84.5 Å². The van der Waals surface area contributed by atoms with Crippen LogP contribution in [0.5, 0.6) is 0 Å². The summed E-state index contributed by atoms with van der Waals surface area (Å²) >= 11 is 1.36. The first-order chi connectivity index (χ1) is 16.3. The Labute approximate surface area is 263 Å². The van der Waals surface area contributed by atoms with Gasteiger partial charge in [0, 0.05) is 12.5 Å². The van der Waals surface area contributed by atoms with Gasteiger partial charge in [-0.2, -0.15) is 0 Å². The van der Waals surface area contributed by atoms with Crippen LogP contribution >= 0.6 is 24.8 Å². The van der Waals surface area contributed by atoms with E-state index in [1.807, 2.05) is 0 Å². The molecule has 0 fully saturated rings. The molecule has 7 heteroatoms. The molecule has 1 nitrogen and oxygen atoms in total. The van der Waals surface area contributed by atoms with Crippen LogP contribution in [0.3, 0.4) is 0 Å². The number of hydrogen-bond donors (Lipinski definition) is 0. The summed E-state index contributed by atoms with van der Waals surface area (Å²) in [6.45, 7) is 15.7. The summed E-state index contributed by atoms with van der Waals surface area (Å²) < 4.78 is 6.30. The summed E-state index contributed by atoms with van der Waals surface area (Å²) in [5.74, 6) is 0.359. The van der Waals surface area contributed by atoms with Crippen LogP contribution in [0.2, 0.25) is 32.7 Å². The normalized spacial score (nSPS) is 14.0. The van der Waals surface area contributed by atoms with Gasteiger partial charge in [-0.05, 0) is 42.8 Å². The van der Waals surface area contributed by atoms with Crippen molar-refractivity contribution in [1.29, 1.82) is 0 Å². The zero-order valence-corrected chi connectivity index (χ0v) is 30.7. The molecular formula is C31H40Cl2OSi3Zr-3. The standard InChI is InChI=1S/C29H32OSi2.2CH3.2ClH.Si.Zr/c1-31(2)29-26(17-18-30-32(3,4)5)23-13-8-9-14-24(23)28(29)25-16-10-15-22-21-12-7-6-11-20(21)19-27(22)25;;;;;;/h6-16,19,28H,17-18H2,1-5H3;2*1H3;2*1H;;/q3*-1;;;;. The van der Waals surface area contributed by atoms with Gasteiger partial charge in [0.25, 0.3) is 0 Å². The van der Waals surface area contributed by atoms with E-state index in [0.29, 0.717) is 5.92 Å². The fraction of sp³-hybridized carbons (Fsp3) is 0.258. The van der Waals surface area contributed by atoms with Crippen molar-refractivity contribution in [2.24, 2.45) is 0 Å². The van der Waals surface area contributed by atoms with Crippen molar-refractivity contribution in [3.05, 3.63) is 110 Å². The quantitative estimate of drug-likeness (QED) is 0.146. The van der Waals surface area contributed by atoms with Gasteiger partial charge >= 0.3 is 30.2 Å². The third kappa shape index (κ3) is 7.54. The zero-order valence-electron chi connectivity index (χ0n) is 23.6. The van der Waals surface area contributed by atoms with E-state index < -0.39 is 17.1 Å². The van der Waals surface area contributed by atoms with E-state index in [0.717, 1.165) is 13.0 Å². The topological polar surface area (TPSA) is 9.23 Å². The Morgan fingerprint density at radius 1 is 0.842 bits per heavy atom. The molecule has 0 saturated carbocycles. The number of benzene rings is 3. The van der Waals surface area contributed by atoms with E-state index in [2.05, 4.69) is 112 Å². The summed E-state index contributed by atoms with van der Waals surface area (Å²) in [6, 6.07) is 27.2. The minimum absolute atomic E-state index is 0. The predicted octanol–water partition coefficient (Wildman–Crippen LogP) is 9.51. The first-order valence-corrected chi connectivity index (χ1v) is 22.0. The molecule has 0 aliphatic heterocycles. The first kappa shape index (κ1) is 37.3. The second-order valence-electron chi connectivity index (χ2n) is 10.2. The maximum absolute atomic E-state index is 6.30. The van der Waals surface area contributed by atoms with Crippen molar-refractivity contribution in [2.75, 3.05) is 6.61 Å².